The number of nitrogens with zero attached hydrogens (tertiary/aromatic N) is 2. The number of hydrogen-bond donors (Lipinski definition) is 2. The Kier molecular flexibility index (Phi) is 6.22. The van der Waals surface area contributed by atoms with Gasteiger partial charge in [0.05, 0.1) is 16.6 Å². The number of H-pyrrole nitrogens is 1. The zero-order valence-corrected chi connectivity index (χ0v) is 20.6. The molecular formula is C28H29FN4O3. The number of fused-ring (bicyclic) bond motifs is 2. The number of carbonyl (C=O) groups is 1. The van der Waals surface area contributed by atoms with Crippen LogP contribution in [0.25, 0.3) is 21.8 Å². The Morgan fingerprint density at radius 3 is 2.58 bits per heavy atom. The second-order valence-electron chi connectivity index (χ2n) is 9.82. The number of rotatable bonds is 5. The highest BCUT2D eigenvalue weighted by molar-refractivity contribution is 6.00. The summed E-state index contributed by atoms with van der Waals surface area (Å²) in [6.07, 6.45) is 3.66. The van der Waals surface area contributed by atoms with Crippen LogP contribution in [0.1, 0.15) is 42.6 Å². The highest BCUT2D eigenvalue weighted by Gasteiger charge is 2.27. The number of hydrogen-bond acceptors (Lipinski definition) is 5. The number of aromatic amines is 1. The molecule has 5 rings (SSSR count). The van der Waals surface area contributed by atoms with Crippen LogP contribution >= 0.6 is 0 Å². The largest absolute Gasteiger partial charge is 0.381 e. The van der Waals surface area contributed by atoms with E-state index in [2.05, 4.69) is 20.2 Å². The molecular weight excluding hydrogens is 459 g/mol. The van der Waals surface area contributed by atoms with Gasteiger partial charge in [0.2, 0.25) is 0 Å². The third kappa shape index (κ3) is 4.44. The molecule has 0 spiro atoms. The molecule has 7 nitrogen and oxygen atoms in total. The molecule has 186 valence electrons. The van der Waals surface area contributed by atoms with Gasteiger partial charge in [-0.2, -0.15) is 0 Å². The van der Waals surface area contributed by atoms with Crippen LogP contribution in [0.15, 0.2) is 59.5 Å². The van der Waals surface area contributed by atoms with Crippen molar-refractivity contribution < 1.29 is 13.9 Å². The summed E-state index contributed by atoms with van der Waals surface area (Å²) in [6.45, 7) is 5.19. The van der Waals surface area contributed by atoms with Gasteiger partial charge in [0.15, 0.2) is 5.43 Å². The Balaban J connectivity index is 1.39. The van der Waals surface area contributed by atoms with Crippen LogP contribution in [0.4, 0.5) is 10.2 Å². The van der Waals surface area contributed by atoms with Gasteiger partial charge in [0.1, 0.15) is 11.6 Å². The summed E-state index contributed by atoms with van der Waals surface area (Å²) in [4.78, 5) is 35.9. The number of ether oxygens (including phenoxy) is 1. The Labute approximate surface area is 208 Å². The molecule has 4 aromatic rings. The van der Waals surface area contributed by atoms with Gasteiger partial charge in [-0.1, -0.05) is 18.2 Å². The second kappa shape index (κ2) is 9.35. The molecule has 0 radical (unpaired) electrons. The predicted molar refractivity (Wildman–Crippen MR) is 139 cm³/mol. The molecule has 2 N–H and O–H groups in total. The van der Waals surface area contributed by atoms with Gasteiger partial charge >= 0.3 is 0 Å². The molecule has 8 heteroatoms. The topological polar surface area (TPSA) is 87.3 Å². The molecule has 1 saturated heterocycles. The van der Waals surface area contributed by atoms with Crippen molar-refractivity contribution >= 4 is 33.5 Å². The minimum atomic E-state index is -0.807. The van der Waals surface area contributed by atoms with Gasteiger partial charge in [0.25, 0.3) is 5.91 Å². The molecule has 1 amide bonds. The fourth-order valence-corrected chi connectivity index (χ4v) is 4.77. The SMILES string of the molecule is CN(c1ccc(C(C)(C)NC(=O)c2cc3[nH]c4ccccc4c(=O)c3cc2F)cn1)C1CCOCC1. The average molecular weight is 489 g/mol. The molecule has 1 fully saturated rings. The monoisotopic (exact) mass is 488 g/mol. The van der Waals surface area contributed by atoms with Gasteiger partial charge in [-0.15, -0.1) is 0 Å². The van der Waals surface area contributed by atoms with Crippen LogP contribution in [-0.2, 0) is 10.3 Å². The lowest BCUT2D eigenvalue weighted by molar-refractivity contribution is 0.0853. The Hall–Kier alpha value is -3.78. The molecule has 36 heavy (non-hydrogen) atoms. The number of aromatic nitrogens is 2. The minimum absolute atomic E-state index is 0.134. The molecule has 1 aliphatic heterocycles. The lowest BCUT2D eigenvalue weighted by atomic mass is 9.95. The van der Waals surface area contributed by atoms with Crippen LogP contribution in [-0.4, -0.2) is 42.2 Å². The molecule has 0 unspecified atom stereocenters. The number of nitrogens with one attached hydrogen (secondary N) is 2. The van der Waals surface area contributed by atoms with Crippen molar-refractivity contribution in [3.05, 3.63) is 81.9 Å². The lowest BCUT2D eigenvalue weighted by Crippen LogP contribution is -2.41. The first-order valence-electron chi connectivity index (χ1n) is 12.1. The predicted octanol–water partition coefficient (Wildman–Crippen LogP) is 4.50. The normalized spacial score (nSPS) is 14.8. The molecule has 0 bridgehead atoms. The van der Waals surface area contributed by atoms with Crippen LogP contribution in [0.3, 0.4) is 0 Å². The van der Waals surface area contributed by atoms with Gasteiger partial charge in [-0.05, 0) is 62.6 Å². The van der Waals surface area contributed by atoms with Crippen molar-refractivity contribution in [2.75, 3.05) is 25.2 Å². The average Bonchev–Trinajstić information content (AvgIpc) is 2.89. The van der Waals surface area contributed by atoms with Crippen molar-refractivity contribution in [2.45, 2.75) is 38.3 Å². The van der Waals surface area contributed by atoms with E-state index in [-0.39, 0.29) is 16.4 Å². The van der Waals surface area contributed by atoms with E-state index in [1.807, 2.05) is 39.1 Å². The minimum Gasteiger partial charge on any atom is -0.381 e. The van der Waals surface area contributed by atoms with E-state index < -0.39 is 17.3 Å². The number of benzene rings is 2. The van der Waals surface area contributed by atoms with E-state index in [4.69, 9.17) is 4.74 Å². The van der Waals surface area contributed by atoms with E-state index in [1.165, 1.54) is 6.07 Å². The molecule has 2 aromatic carbocycles. The Bertz CT molecular complexity index is 1490. The van der Waals surface area contributed by atoms with Crippen molar-refractivity contribution in [2.24, 2.45) is 0 Å². The smallest absolute Gasteiger partial charge is 0.255 e. The van der Waals surface area contributed by atoms with Crippen molar-refractivity contribution in [1.29, 1.82) is 0 Å². The van der Waals surface area contributed by atoms with Gasteiger partial charge < -0.3 is 19.9 Å². The third-order valence-electron chi connectivity index (χ3n) is 7.03. The first-order chi connectivity index (χ1) is 17.2. The summed E-state index contributed by atoms with van der Waals surface area (Å²) in [5.74, 6) is -0.468. The lowest BCUT2D eigenvalue weighted by Gasteiger charge is -2.32. The number of carbonyl (C=O) groups excluding carboxylic acids is 1. The number of halogens is 1. The number of amides is 1. The van der Waals surface area contributed by atoms with Crippen molar-refractivity contribution in [3.8, 4) is 0 Å². The van der Waals surface area contributed by atoms with Crippen LogP contribution < -0.4 is 15.6 Å². The highest BCUT2D eigenvalue weighted by Crippen LogP contribution is 2.25. The van der Waals surface area contributed by atoms with Crippen molar-refractivity contribution in [1.82, 2.24) is 15.3 Å². The molecule has 1 aliphatic rings. The fraction of sp³-hybridized carbons (Fsp3) is 0.321. The number of anilines is 1. The molecule has 2 aromatic heterocycles. The van der Waals surface area contributed by atoms with E-state index in [0.717, 1.165) is 43.5 Å². The summed E-state index contributed by atoms with van der Waals surface area (Å²) in [5, 5.41) is 3.59. The maximum absolute atomic E-state index is 15.0. The zero-order chi connectivity index (χ0) is 25.4. The van der Waals surface area contributed by atoms with E-state index in [0.29, 0.717) is 22.5 Å². The van der Waals surface area contributed by atoms with Crippen molar-refractivity contribution in [3.63, 3.8) is 0 Å². The quantitative estimate of drug-likeness (QED) is 0.404. The van der Waals surface area contributed by atoms with Gasteiger partial charge in [-0.3, -0.25) is 9.59 Å². The molecule has 0 saturated carbocycles. The van der Waals surface area contributed by atoms with E-state index in [1.54, 1.807) is 24.4 Å². The van der Waals surface area contributed by atoms with Crippen LogP contribution in [0.2, 0.25) is 0 Å². The van der Waals surface area contributed by atoms with E-state index in [9.17, 15) is 9.59 Å². The van der Waals surface area contributed by atoms with E-state index >= 15 is 4.39 Å². The van der Waals surface area contributed by atoms with Gasteiger partial charge in [0, 0.05) is 48.8 Å². The molecule has 3 heterocycles. The first-order valence-corrected chi connectivity index (χ1v) is 12.1. The Morgan fingerprint density at radius 1 is 1.11 bits per heavy atom. The highest BCUT2D eigenvalue weighted by atomic mass is 19.1. The molecule has 0 aliphatic carbocycles. The zero-order valence-electron chi connectivity index (χ0n) is 20.6. The third-order valence-corrected chi connectivity index (χ3v) is 7.03. The number of pyridine rings is 2. The maximum atomic E-state index is 15.0. The Morgan fingerprint density at radius 2 is 1.86 bits per heavy atom. The summed E-state index contributed by atoms with van der Waals surface area (Å²) < 4.78 is 20.5. The standard InChI is InChI=1S/C28H29FN4O3/c1-28(2,17-8-9-25(30-16-17)33(3)18-10-12-36-13-11-18)32-27(35)20-15-24-21(14-22(20)29)26(34)19-6-4-5-7-23(19)31-24/h4-9,14-16,18H,10-13H2,1-3H3,(H,31,34)(H,32,35). The summed E-state index contributed by atoms with van der Waals surface area (Å²) in [5.41, 5.74) is 0.613. The summed E-state index contributed by atoms with van der Waals surface area (Å²) in [6, 6.07) is 13.8. The maximum Gasteiger partial charge on any atom is 0.255 e. The summed E-state index contributed by atoms with van der Waals surface area (Å²) >= 11 is 0. The summed E-state index contributed by atoms with van der Waals surface area (Å²) in [7, 11) is 2.03. The molecule has 0 atom stereocenters. The second-order valence-corrected chi connectivity index (χ2v) is 9.82. The van der Waals surface area contributed by atoms with Gasteiger partial charge in [-0.25, -0.2) is 9.37 Å². The number of para-hydroxylation sites is 1. The van der Waals surface area contributed by atoms with Crippen LogP contribution in [0.5, 0.6) is 0 Å². The van der Waals surface area contributed by atoms with Crippen LogP contribution in [0, 0.1) is 5.82 Å². The first kappa shape index (κ1) is 23.9. The fourth-order valence-electron chi connectivity index (χ4n) is 4.77.